The molecule has 2 aromatic carbocycles. The zero-order valence-corrected chi connectivity index (χ0v) is 16.0. The number of hydrogen-bond donors (Lipinski definition) is 0. The van der Waals surface area contributed by atoms with Gasteiger partial charge in [0, 0.05) is 17.2 Å². The highest BCUT2D eigenvalue weighted by molar-refractivity contribution is 9.10. The van der Waals surface area contributed by atoms with Gasteiger partial charge in [0.25, 0.3) is 0 Å². The summed E-state index contributed by atoms with van der Waals surface area (Å²) in [6.07, 6.45) is 1.62. The second kappa shape index (κ2) is 7.61. The van der Waals surface area contributed by atoms with E-state index in [2.05, 4.69) is 20.9 Å². The molecule has 134 valence electrons. The van der Waals surface area contributed by atoms with Crippen LogP contribution in [0.5, 0.6) is 17.2 Å². The molecule has 1 aliphatic rings. The number of carbonyl (C=O) groups excluding carboxylic acids is 1. The number of ether oxygens (including phenoxy) is 4. The first-order valence-corrected chi connectivity index (χ1v) is 8.43. The molecule has 26 heavy (non-hydrogen) atoms. The normalized spacial score (nSPS) is 14.8. The van der Waals surface area contributed by atoms with Crippen molar-refractivity contribution >= 4 is 33.9 Å². The van der Waals surface area contributed by atoms with Crippen molar-refractivity contribution in [3.05, 3.63) is 57.7 Å². The molecule has 0 aliphatic carbocycles. The van der Waals surface area contributed by atoms with Gasteiger partial charge in [-0.1, -0.05) is 0 Å². The SMILES string of the molecule is COc1ccc(/C=C2\N=C(c3ccc(OC)c(Br)c3)OC2=O)c(OC)c1. The van der Waals surface area contributed by atoms with Crippen LogP contribution >= 0.6 is 15.9 Å². The summed E-state index contributed by atoms with van der Waals surface area (Å²) in [4.78, 5) is 16.5. The summed E-state index contributed by atoms with van der Waals surface area (Å²) in [6.45, 7) is 0. The van der Waals surface area contributed by atoms with Crippen LogP contribution in [-0.4, -0.2) is 33.2 Å². The Balaban J connectivity index is 1.95. The molecule has 0 bridgehead atoms. The first-order chi connectivity index (χ1) is 12.5. The lowest BCUT2D eigenvalue weighted by Gasteiger charge is -2.07. The number of hydrogen-bond acceptors (Lipinski definition) is 6. The number of nitrogens with zero attached hydrogens (tertiary/aromatic N) is 1. The average molecular weight is 418 g/mol. The van der Waals surface area contributed by atoms with E-state index in [1.165, 1.54) is 0 Å². The van der Waals surface area contributed by atoms with Crippen molar-refractivity contribution in [1.29, 1.82) is 0 Å². The number of methoxy groups -OCH3 is 3. The topological polar surface area (TPSA) is 66.3 Å². The van der Waals surface area contributed by atoms with Crippen molar-refractivity contribution < 1.29 is 23.7 Å². The van der Waals surface area contributed by atoms with Crippen molar-refractivity contribution in [2.24, 2.45) is 4.99 Å². The van der Waals surface area contributed by atoms with E-state index in [0.717, 1.165) is 4.47 Å². The van der Waals surface area contributed by atoms with Crippen LogP contribution in [0.15, 0.2) is 51.6 Å². The number of rotatable bonds is 5. The molecule has 1 aliphatic heterocycles. The zero-order chi connectivity index (χ0) is 18.7. The minimum Gasteiger partial charge on any atom is -0.497 e. The zero-order valence-electron chi connectivity index (χ0n) is 14.4. The quantitative estimate of drug-likeness (QED) is 0.546. The molecular weight excluding hydrogens is 402 g/mol. The van der Waals surface area contributed by atoms with E-state index in [1.807, 2.05) is 0 Å². The molecule has 1 heterocycles. The van der Waals surface area contributed by atoms with Crippen molar-refractivity contribution in [2.75, 3.05) is 21.3 Å². The third-order valence-corrected chi connectivity index (χ3v) is 4.37. The molecule has 2 aromatic rings. The van der Waals surface area contributed by atoms with Crippen LogP contribution in [0.4, 0.5) is 0 Å². The van der Waals surface area contributed by atoms with Crippen molar-refractivity contribution in [3.63, 3.8) is 0 Å². The fourth-order valence-electron chi connectivity index (χ4n) is 2.42. The summed E-state index contributed by atoms with van der Waals surface area (Å²) in [5.41, 5.74) is 1.55. The third-order valence-electron chi connectivity index (χ3n) is 3.75. The number of halogens is 1. The largest absolute Gasteiger partial charge is 0.497 e. The van der Waals surface area contributed by atoms with Crippen LogP contribution in [0, 0.1) is 0 Å². The molecular formula is C19H16BrNO5. The van der Waals surface area contributed by atoms with Crippen molar-refractivity contribution in [1.82, 2.24) is 0 Å². The first-order valence-electron chi connectivity index (χ1n) is 7.64. The lowest BCUT2D eigenvalue weighted by Crippen LogP contribution is -2.05. The van der Waals surface area contributed by atoms with Crippen LogP contribution in [0.25, 0.3) is 6.08 Å². The smallest absolute Gasteiger partial charge is 0.363 e. The summed E-state index contributed by atoms with van der Waals surface area (Å²) < 4.78 is 21.7. The van der Waals surface area contributed by atoms with Gasteiger partial charge in [0.2, 0.25) is 5.90 Å². The summed E-state index contributed by atoms with van der Waals surface area (Å²) in [6, 6.07) is 10.6. The lowest BCUT2D eigenvalue weighted by atomic mass is 10.1. The van der Waals surface area contributed by atoms with Gasteiger partial charge in [-0.15, -0.1) is 0 Å². The Morgan fingerprint density at radius 3 is 2.42 bits per heavy atom. The van der Waals surface area contributed by atoms with Crippen LogP contribution < -0.4 is 14.2 Å². The molecule has 0 saturated carbocycles. The molecule has 3 rings (SSSR count). The Labute approximate surface area is 159 Å². The van der Waals surface area contributed by atoms with Gasteiger partial charge in [-0.3, -0.25) is 0 Å². The summed E-state index contributed by atoms with van der Waals surface area (Å²) >= 11 is 3.41. The van der Waals surface area contributed by atoms with Gasteiger partial charge in [-0.05, 0) is 52.3 Å². The first kappa shape index (κ1) is 18.0. The van der Waals surface area contributed by atoms with Gasteiger partial charge in [-0.2, -0.15) is 0 Å². The molecule has 0 spiro atoms. The van der Waals surface area contributed by atoms with E-state index in [9.17, 15) is 4.79 Å². The Hall–Kier alpha value is -2.80. The van der Waals surface area contributed by atoms with Gasteiger partial charge < -0.3 is 18.9 Å². The van der Waals surface area contributed by atoms with Gasteiger partial charge in [0.15, 0.2) is 5.70 Å². The monoisotopic (exact) mass is 417 g/mol. The number of benzene rings is 2. The van der Waals surface area contributed by atoms with Crippen LogP contribution in [0.1, 0.15) is 11.1 Å². The van der Waals surface area contributed by atoms with Crippen LogP contribution in [0.3, 0.4) is 0 Å². The van der Waals surface area contributed by atoms with Crippen molar-refractivity contribution in [3.8, 4) is 17.2 Å². The molecule has 0 atom stereocenters. The van der Waals surface area contributed by atoms with Gasteiger partial charge >= 0.3 is 5.97 Å². The van der Waals surface area contributed by atoms with Crippen LogP contribution in [-0.2, 0) is 9.53 Å². The van der Waals surface area contributed by atoms with Crippen LogP contribution in [0.2, 0.25) is 0 Å². The molecule has 0 fully saturated rings. The molecule has 0 saturated heterocycles. The van der Waals surface area contributed by atoms with E-state index < -0.39 is 5.97 Å². The Morgan fingerprint density at radius 2 is 1.77 bits per heavy atom. The van der Waals surface area contributed by atoms with Gasteiger partial charge in [0.05, 0.1) is 25.8 Å². The molecule has 6 nitrogen and oxygen atoms in total. The molecule has 0 radical (unpaired) electrons. The summed E-state index contributed by atoms with van der Waals surface area (Å²) in [7, 11) is 4.70. The van der Waals surface area contributed by atoms with Crippen molar-refractivity contribution in [2.45, 2.75) is 0 Å². The molecule has 0 N–H and O–H groups in total. The Bertz CT molecular complexity index is 920. The second-order valence-corrected chi connectivity index (χ2v) is 6.15. The molecule has 7 heteroatoms. The minimum absolute atomic E-state index is 0.190. The van der Waals surface area contributed by atoms with E-state index in [-0.39, 0.29) is 11.6 Å². The number of esters is 1. The highest BCUT2D eigenvalue weighted by Gasteiger charge is 2.25. The number of carbonyl (C=O) groups is 1. The molecule has 0 aromatic heterocycles. The average Bonchev–Trinajstić information content (AvgIpc) is 3.02. The summed E-state index contributed by atoms with van der Waals surface area (Å²) in [5.74, 6) is 1.62. The molecule has 0 unspecified atom stereocenters. The highest BCUT2D eigenvalue weighted by atomic mass is 79.9. The maximum atomic E-state index is 12.2. The van der Waals surface area contributed by atoms with E-state index in [1.54, 1.807) is 63.8 Å². The Morgan fingerprint density at radius 1 is 1.00 bits per heavy atom. The third kappa shape index (κ3) is 3.57. The predicted molar refractivity (Wildman–Crippen MR) is 101 cm³/mol. The fraction of sp³-hybridized carbons (Fsp3) is 0.158. The highest BCUT2D eigenvalue weighted by Crippen LogP contribution is 2.30. The Kier molecular flexibility index (Phi) is 5.27. The van der Waals surface area contributed by atoms with Gasteiger partial charge in [0.1, 0.15) is 17.2 Å². The van der Waals surface area contributed by atoms with E-state index >= 15 is 0 Å². The number of cyclic esters (lactones) is 1. The second-order valence-electron chi connectivity index (χ2n) is 5.29. The maximum Gasteiger partial charge on any atom is 0.363 e. The predicted octanol–water partition coefficient (Wildman–Crippen LogP) is 3.82. The van der Waals surface area contributed by atoms with E-state index in [4.69, 9.17) is 18.9 Å². The van der Waals surface area contributed by atoms with E-state index in [0.29, 0.717) is 28.4 Å². The summed E-state index contributed by atoms with van der Waals surface area (Å²) in [5, 5.41) is 0. The lowest BCUT2D eigenvalue weighted by molar-refractivity contribution is -0.129. The fourth-order valence-corrected chi connectivity index (χ4v) is 2.96. The number of aliphatic imine (C=N–C) groups is 1. The molecule has 0 amide bonds. The van der Waals surface area contributed by atoms with Gasteiger partial charge in [-0.25, -0.2) is 9.79 Å². The minimum atomic E-state index is -0.523. The maximum absolute atomic E-state index is 12.2. The standard InChI is InChI=1S/C19H16BrNO5/c1-23-13-6-4-11(17(10-13)25-3)9-15-19(22)26-18(21-15)12-5-7-16(24-2)14(20)8-12/h4-10H,1-3H3/b15-9-.